The van der Waals surface area contributed by atoms with Crippen LogP contribution in [0.25, 0.3) is 0 Å². The Balaban J connectivity index is 0.000000319. The summed E-state index contributed by atoms with van der Waals surface area (Å²) < 4.78 is 5.99. The van der Waals surface area contributed by atoms with Crippen molar-refractivity contribution >= 4 is 47.0 Å². The van der Waals surface area contributed by atoms with Gasteiger partial charge in [-0.3, -0.25) is 4.90 Å². The molecule has 0 atom stereocenters. The normalized spacial score (nSPS) is 14.6. The molecule has 42 heavy (non-hydrogen) atoms. The number of benzene rings is 2. The fourth-order valence-corrected chi connectivity index (χ4v) is 4.93. The maximum Gasteiger partial charge on any atom is 0.328 e. The summed E-state index contributed by atoms with van der Waals surface area (Å²) in [5, 5.41) is 31.2. The summed E-state index contributed by atoms with van der Waals surface area (Å²) in [6.07, 6.45) is 2.23. The van der Waals surface area contributed by atoms with Crippen molar-refractivity contribution in [3.63, 3.8) is 0 Å². The molecule has 2 aromatic carbocycles. The summed E-state index contributed by atoms with van der Waals surface area (Å²) in [5.41, 5.74) is 2.58. The summed E-state index contributed by atoms with van der Waals surface area (Å²) in [7, 11) is 2.19. The number of piperazine rings is 1. The second kappa shape index (κ2) is 18.3. The molecular weight excluding hydrogens is 566 g/mol. The summed E-state index contributed by atoms with van der Waals surface area (Å²) in [5.74, 6) is -5.03. The molecular formula is C29H35N3O9S. The molecule has 2 aliphatic heterocycles. The monoisotopic (exact) mass is 601 g/mol. The van der Waals surface area contributed by atoms with E-state index in [0.717, 1.165) is 39.4 Å². The van der Waals surface area contributed by atoms with Crippen molar-refractivity contribution in [2.75, 3.05) is 64.4 Å². The van der Waals surface area contributed by atoms with E-state index in [1.165, 1.54) is 34.3 Å². The average molecular weight is 602 g/mol. The van der Waals surface area contributed by atoms with Gasteiger partial charge in [-0.05, 0) is 31.3 Å². The number of carboxylic acids is 4. The minimum absolute atomic E-state index is 0.558. The van der Waals surface area contributed by atoms with Gasteiger partial charge >= 0.3 is 23.9 Å². The first-order valence-corrected chi connectivity index (χ1v) is 13.8. The van der Waals surface area contributed by atoms with Gasteiger partial charge in [0.15, 0.2) is 0 Å². The Labute approximate surface area is 248 Å². The number of fused-ring (bicyclic) bond motifs is 2. The number of ether oxygens (including phenoxy) is 1. The number of rotatable bonds is 10. The number of aliphatic carboxylic acids is 4. The van der Waals surface area contributed by atoms with E-state index in [1.54, 1.807) is 0 Å². The molecule has 0 saturated carbocycles. The third-order valence-corrected chi connectivity index (χ3v) is 7.01. The number of hydrogen-bond acceptors (Lipinski definition) is 9. The third kappa shape index (κ3) is 13.0. The van der Waals surface area contributed by atoms with Crippen molar-refractivity contribution in [3.8, 4) is 0 Å². The molecule has 1 fully saturated rings. The predicted octanol–water partition coefficient (Wildman–Crippen LogP) is 2.98. The fourth-order valence-electron chi connectivity index (χ4n) is 3.83. The molecule has 0 amide bonds. The van der Waals surface area contributed by atoms with Gasteiger partial charge in [0.25, 0.3) is 0 Å². The standard InChI is InChI=1S/C21H27N3OS.2C4H4O4/c1-22-10-12-23(13-11-22)14-16-25-17-15-24-18-6-2-4-8-20(18)26-21-9-5-3-7-19(21)24;2*5-3(6)1-2-4(7)8/h2-9H,10-17H2,1H3;2*1-2H,(H,5,6)(H,7,8)/b;2*2-1-. The smallest absolute Gasteiger partial charge is 0.328 e. The lowest BCUT2D eigenvalue weighted by atomic mass is 10.2. The van der Waals surface area contributed by atoms with E-state index in [0.29, 0.717) is 24.3 Å². The van der Waals surface area contributed by atoms with E-state index in [2.05, 4.69) is 70.3 Å². The number of carboxylic acid groups (broad SMARTS) is 4. The van der Waals surface area contributed by atoms with Crippen LogP contribution < -0.4 is 4.90 Å². The molecule has 4 rings (SSSR count). The zero-order valence-electron chi connectivity index (χ0n) is 23.2. The number of carbonyl (C=O) groups is 4. The van der Waals surface area contributed by atoms with Crippen molar-refractivity contribution in [1.29, 1.82) is 0 Å². The molecule has 0 bridgehead atoms. The van der Waals surface area contributed by atoms with Gasteiger partial charge < -0.3 is 35.0 Å². The van der Waals surface area contributed by atoms with Crippen molar-refractivity contribution < 1.29 is 44.3 Å². The van der Waals surface area contributed by atoms with Crippen LogP contribution in [0.2, 0.25) is 0 Å². The van der Waals surface area contributed by atoms with Crippen LogP contribution in [-0.4, -0.2) is 114 Å². The molecule has 226 valence electrons. The number of anilines is 2. The Hall–Kier alpha value is -4.17. The lowest BCUT2D eigenvalue weighted by Gasteiger charge is -2.33. The second-order valence-electron chi connectivity index (χ2n) is 8.97. The van der Waals surface area contributed by atoms with Gasteiger partial charge in [0.2, 0.25) is 0 Å². The summed E-state index contributed by atoms with van der Waals surface area (Å²) in [6.45, 7) is 8.14. The van der Waals surface area contributed by atoms with E-state index in [1.807, 2.05) is 11.8 Å². The average Bonchev–Trinajstić information content (AvgIpc) is 2.96. The van der Waals surface area contributed by atoms with Crippen LogP contribution in [0, 0.1) is 0 Å². The Bertz CT molecular complexity index is 1150. The zero-order valence-corrected chi connectivity index (χ0v) is 24.0. The summed E-state index contributed by atoms with van der Waals surface area (Å²) >= 11 is 1.86. The molecule has 2 aliphatic rings. The summed E-state index contributed by atoms with van der Waals surface area (Å²) in [4.78, 5) is 48.2. The molecule has 4 N–H and O–H groups in total. The molecule has 13 heteroatoms. The minimum atomic E-state index is -1.26. The number of hydrogen-bond donors (Lipinski definition) is 4. The SMILES string of the molecule is CN1CCN(CCOCCN2c3ccccc3Sc3ccccc32)CC1.O=C(O)/C=C\C(=O)O.O=C(O)/C=C\C(=O)O. The Kier molecular flexibility index (Phi) is 14.8. The van der Waals surface area contributed by atoms with Crippen LogP contribution in [0.4, 0.5) is 11.4 Å². The molecule has 0 aliphatic carbocycles. The van der Waals surface area contributed by atoms with E-state index in [9.17, 15) is 19.2 Å². The lowest BCUT2D eigenvalue weighted by molar-refractivity contribution is -0.134. The quantitative estimate of drug-likeness (QED) is 0.232. The maximum atomic E-state index is 9.55. The molecule has 0 radical (unpaired) electrons. The Morgan fingerprint density at radius 2 is 1.10 bits per heavy atom. The molecule has 0 unspecified atom stereocenters. The Morgan fingerprint density at radius 1 is 0.690 bits per heavy atom. The van der Waals surface area contributed by atoms with Crippen LogP contribution in [0.3, 0.4) is 0 Å². The van der Waals surface area contributed by atoms with Gasteiger partial charge in [0.1, 0.15) is 0 Å². The van der Waals surface area contributed by atoms with E-state index < -0.39 is 23.9 Å². The predicted molar refractivity (Wildman–Crippen MR) is 158 cm³/mol. The van der Waals surface area contributed by atoms with Crippen LogP contribution in [0.15, 0.2) is 82.6 Å². The number of nitrogens with zero attached hydrogens (tertiary/aromatic N) is 3. The van der Waals surface area contributed by atoms with Gasteiger partial charge in [-0.15, -0.1) is 0 Å². The highest BCUT2D eigenvalue weighted by Gasteiger charge is 2.22. The minimum Gasteiger partial charge on any atom is -0.478 e. The first-order chi connectivity index (χ1) is 20.1. The van der Waals surface area contributed by atoms with Gasteiger partial charge in [-0.2, -0.15) is 0 Å². The van der Waals surface area contributed by atoms with E-state index in [-0.39, 0.29) is 0 Å². The van der Waals surface area contributed by atoms with Crippen molar-refractivity contribution in [3.05, 3.63) is 72.8 Å². The molecule has 0 spiro atoms. The highest BCUT2D eigenvalue weighted by molar-refractivity contribution is 7.99. The fraction of sp³-hybridized carbons (Fsp3) is 0.310. The van der Waals surface area contributed by atoms with Gasteiger partial charge in [0, 0.05) is 73.4 Å². The van der Waals surface area contributed by atoms with Crippen LogP contribution in [0.5, 0.6) is 0 Å². The highest BCUT2D eigenvalue weighted by atomic mass is 32.2. The number of para-hydroxylation sites is 2. The first-order valence-electron chi connectivity index (χ1n) is 13.0. The topological polar surface area (TPSA) is 168 Å². The largest absolute Gasteiger partial charge is 0.478 e. The molecule has 1 saturated heterocycles. The van der Waals surface area contributed by atoms with Gasteiger partial charge in [-0.1, -0.05) is 36.0 Å². The third-order valence-electron chi connectivity index (χ3n) is 5.88. The van der Waals surface area contributed by atoms with Crippen molar-refractivity contribution in [1.82, 2.24) is 9.80 Å². The first kappa shape index (κ1) is 34.0. The Morgan fingerprint density at radius 3 is 1.52 bits per heavy atom. The van der Waals surface area contributed by atoms with Crippen LogP contribution in [-0.2, 0) is 23.9 Å². The lowest BCUT2D eigenvalue weighted by Crippen LogP contribution is -2.45. The molecule has 2 aromatic rings. The van der Waals surface area contributed by atoms with Crippen LogP contribution >= 0.6 is 11.8 Å². The molecule has 0 aromatic heterocycles. The summed E-state index contributed by atoms with van der Waals surface area (Å²) in [6, 6.07) is 17.3. The van der Waals surface area contributed by atoms with Crippen molar-refractivity contribution in [2.45, 2.75) is 9.79 Å². The highest BCUT2D eigenvalue weighted by Crippen LogP contribution is 2.47. The van der Waals surface area contributed by atoms with Gasteiger partial charge in [0.05, 0.1) is 24.6 Å². The molecule has 2 heterocycles. The van der Waals surface area contributed by atoms with Gasteiger partial charge in [-0.25, -0.2) is 19.2 Å². The van der Waals surface area contributed by atoms with E-state index >= 15 is 0 Å². The van der Waals surface area contributed by atoms with Crippen molar-refractivity contribution in [2.24, 2.45) is 0 Å². The molecule has 12 nitrogen and oxygen atoms in total. The van der Waals surface area contributed by atoms with E-state index in [4.69, 9.17) is 25.2 Å². The maximum absolute atomic E-state index is 9.55. The zero-order chi connectivity index (χ0) is 30.9. The number of likely N-dealkylation sites (N-methyl/N-ethyl adjacent to an activating group) is 1. The second-order valence-corrected chi connectivity index (χ2v) is 10.0. The van der Waals surface area contributed by atoms with Crippen LogP contribution in [0.1, 0.15) is 0 Å².